The first-order valence-electron chi connectivity index (χ1n) is 7.58. The van der Waals surface area contributed by atoms with Gasteiger partial charge < -0.3 is 4.57 Å². The molecule has 2 aromatic heterocycles. The average molecular weight is 294 g/mol. The minimum absolute atomic E-state index is 0.444. The van der Waals surface area contributed by atoms with Crippen LogP contribution in [-0.4, -0.2) is 14.5 Å². The molecule has 2 rings (SSSR count). The maximum absolute atomic E-state index is 6.06. The van der Waals surface area contributed by atoms with E-state index < -0.39 is 0 Å². The number of hydrogen-bond donors (Lipinski definition) is 0. The summed E-state index contributed by atoms with van der Waals surface area (Å²) in [6, 6.07) is 4.04. The fourth-order valence-electron chi connectivity index (χ4n) is 2.61. The van der Waals surface area contributed by atoms with E-state index >= 15 is 0 Å². The zero-order chi connectivity index (χ0) is 14.5. The Hall–Kier alpha value is -1.09. The van der Waals surface area contributed by atoms with Gasteiger partial charge in [-0.3, -0.25) is 0 Å². The number of rotatable bonds is 7. The highest BCUT2D eigenvalue weighted by molar-refractivity contribution is 6.16. The molecule has 3 nitrogen and oxygen atoms in total. The molecule has 2 aromatic rings. The third kappa shape index (κ3) is 3.32. The van der Waals surface area contributed by atoms with Crippen molar-refractivity contribution in [3.63, 3.8) is 0 Å². The highest BCUT2D eigenvalue weighted by Crippen LogP contribution is 2.21. The van der Waals surface area contributed by atoms with Gasteiger partial charge in [-0.2, -0.15) is 0 Å². The number of aromatic nitrogens is 3. The molecular formula is C16H24ClN3. The highest BCUT2D eigenvalue weighted by Gasteiger charge is 2.15. The van der Waals surface area contributed by atoms with Gasteiger partial charge >= 0.3 is 0 Å². The summed E-state index contributed by atoms with van der Waals surface area (Å²) in [6.45, 7) is 7.50. The maximum atomic E-state index is 6.06. The third-order valence-electron chi connectivity index (χ3n) is 3.91. The smallest absolute Gasteiger partial charge is 0.160 e. The Morgan fingerprint density at radius 1 is 1.25 bits per heavy atom. The van der Waals surface area contributed by atoms with Crippen LogP contribution in [0.3, 0.4) is 0 Å². The largest absolute Gasteiger partial charge is 0.311 e. The molecule has 0 radical (unpaired) electrons. The van der Waals surface area contributed by atoms with Crippen LogP contribution in [0.5, 0.6) is 0 Å². The Morgan fingerprint density at radius 3 is 2.70 bits per heavy atom. The first-order chi connectivity index (χ1) is 9.69. The van der Waals surface area contributed by atoms with Crippen molar-refractivity contribution in [2.24, 2.45) is 5.92 Å². The Balaban J connectivity index is 2.33. The summed E-state index contributed by atoms with van der Waals surface area (Å²) < 4.78 is 2.22. The van der Waals surface area contributed by atoms with Crippen molar-refractivity contribution in [1.82, 2.24) is 14.5 Å². The summed E-state index contributed by atoms with van der Waals surface area (Å²) in [6.07, 6.45) is 4.99. The van der Waals surface area contributed by atoms with Crippen molar-refractivity contribution in [3.05, 3.63) is 23.7 Å². The van der Waals surface area contributed by atoms with Crippen LogP contribution >= 0.6 is 11.6 Å². The molecule has 0 bridgehead atoms. The lowest BCUT2D eigenvalue weighted by atomic mass is 9.99. The molecule has 1 atom stereocenters. The Kier molecular flexibility index (Phi) is 5.41. The molecule has 1 unspecified atom stereocenters. The maximum Gasteiger partial charge on any atom is 0.160 e. The van der Waals surface area contributed by atoms with Crippen molar-refractivity contribution < 1.29 is 0 Å². The number of imidazole rings is 1. The quantitative estimate of drug-likeness (QED) is 0.693. The van der Waals surface area contributed by atoms with Gasteiger partial charge in [-0.25, -0.2) is 9.97 Å². The zero-order valence-corrected chi connectivity index (χ0v) is 13.5. The first kappa shape index (κ1) is 15.3. The number of fused-ring (bicyclic) bond motifs is 1. The number of hydrogen-bond acceptors (Lipinski definition) is 2. The average Bonchev–Trinajstić information content (AvgIpc) is 2.80. The Bertz CT molecular complexity index is 562. The molecule has 0 amide bonds. The summed E-state index contributed by atoms with van der Waals surface area (Å²) in [7, 11) is 0. The van der Waals surface area contributed by atoms with Crippen molar-refractivity contribution in [2.45, 2.75) is 58.9 Å². The highest BCUT2D eigenvalue weighted by atomic mass is 35.5. The number of alkyl halides is 1. The molecule has 0 N–H and O–H groups in total. The lowest BCUT2D eigenvalue weighted by molar-refractivity contribution is 0.390. The molecule has 0 aliphatic rings. The molecule has 110 valence electrons. The molecule has 0 aromatic carbocycles. The molecule has 0 spiro atoms. The van der Waals surface area contributed by atoms with Gasteiger partial charge in [-0.1, -0.05) is 33.1 Å². The van der Waals surface area contributed by atoms with Gasteiger partial charge in [0.15, 0.2) is 5.65 Å². The standard InChI is InChI=1S/C16H24ClN3/c1-4-6-7-13(5-2)11-20-15(10-17)19-14-9-8-12(3)18-16(14)20/h8-9,13H,4-7,10-11H2,1-3H3. The van der Waals surface area contributed by atoms with Crippen LogP contribution in [0.1, 0.15) is 51.0 Å². The van der Waals surface area contributed by atoms with Gasteiger partial charge in [0.05, 0.1) is 5.88 Å². The molecule has 4 heteroatoms. The van der Waals surface area contributed by atoms with E-state index in [0.717, 1.165) is 29.2 Å². The topological polar surface area (TPSA) is 30.7 Å². The predicted molar refractivity (Wildman–Crippen MR) is 85.1 cm³/mol. The van der Waals surface area contributed by atoms with E-state index in [2.05, 4.69) is 28.4 Å². The number of aryl methyl sites for hydroxylation is 1. The lowest BCUT2D eigenvalue weighted by Crippen LogP contribution is -2.13. The SMILES string of the molecule is CCCCC(CC)Cn1c(CCl)nc2ccc(C)nc21. The van der Waals surface area contributed by atoms with Crippen LogP contribution in [-0.2, 0) is 12.4 Å². The van der Waals surface area contributed by atoms with Crippen molar-refractivity contribution >= 4 is 22.8 Å². The zero-order valence-electron chi connectivity index (χ0n) is 12.7. The van der Waals surface area contributed by atoms with E-state index in [1.165, 1.54) is 25.7 Å². The second-order valence-electron chi connectivity index (χ2n) is 5.48. The van der Waals surface area contributed by atoms with E-state index in [1.807, 2.05) is 19.1 Å². The molecule has 20 heavy (non-hydrogen) atoms. The molecule has 0 saturated heterocycles. The number of halogens is 1. The monoisotopic (exact) mass is 293 g/mol. The van der Waals surface area contributed by atoms with Crippen LogP contribution < -0.4 is 0 Å². The predicted octanol–water partition coefficient (Wildman–Crippen LogP) is 4.69. The summed E-state index contributed by atoms with van der Waals surface area (Å²) >= 11 is 6.06. The summed E-state index contributed by atoms with van der Waals surface area (Å²) in [4.78, 5) is 9.26. The molecule has 2 heterocycles. The van der Waals surface area contributed by atoms with E-state index in [9.17, 15) is 0 Å². The third-order valence-corrected chi connectivity index (χ3v) is 4.15. The lowest BCUT2D eigenvalue weighted by Gasteiger charge is -2.17. The molecule has 0 fully saturated rings. The van der Waals surface area contributed by atoms with Crippen LogP contribution in [0.4, 0.5) is 0 Å². The van der Waals surface area contributed by atoms with Crippen LogP contribution in [0.25, 0.3) is 11.2 Å². The normalized spacial score (nSPS) is 13.0. The van der Waals surface area contributed by atoms with Crippen LogP contribution in [0.15, 0.2) is 12.1 Å². The molecular weight excluding hydrogens is 270 g/mol. The first-order valence-corrected chi connectivity index (χ1v) is 8.11. The van der Waals surface area contributed by atoms with E-state index in [1.54, 1.807) is 0 Å². The van der Waals surface area contributed by atoms with Crippen molar-refractivity contribution in [3.8, 4) is 0 Å². The van der Waals surface area contributed by atoms with Gasteiger partial charge in [-0.05, 0) is 31.4 Å². The Morgan fingerprint density at radius 2 is 2.05 bits per heavy atom. The molecule has 0 aliphatic heterocycles. The molecule has 0 saturated carbocycles. The fourth-order valence-corrected chi connectivity index (χ4v) is 2.82. The number of pyridine rings is 1. The van der Waals surface area contributed by atoms with Crippen molar-refractivity contribution in [1.29, 1.82) is 0 Å². The van der Waals surface area contributed by atoms with E-state index in [-0.39, 0.29) is 0 Å². The number of nitrogens with zero attached hydrogens (tertiary/aromatic N) is 3. The minimum Gasteiger partial charge on any atom is -0.311 e. The van der Waals surface area contributed by atoms with Gasteiger partial charge in [0.1, 0.15) is 11.3 Å². The second-order valence-corrected chi connectivity index (χ2v) is 5.75. The van der Waals surface area contributed by atoms with E-state index in [4.69, 9.17) is 11.6 Å². The van der Waals surface area contributed by atoms with Crippen LogP contribution in [0.2, 0.25) is 0 Å². The Labute approximate surface area is 126 Å². The fraction of sp³-hybridized carbons (Fsp3) is 0.625. The van der Waals surface area contributed by atoms with Gasteiger partial charge in [-0.15, -0.1) is 11.6 Å². The van der Waals surface area contributed by atoms with Crippen molar-refractivity contribution in [2.75, 3.05) is 0 Å². The van der Waals surface area contributed by atoms with E-state index in [0.29, 0.717) is 11.8 Å². The number of unbranched alkanes of at least 4 members (excludes halogenated alkanes) is 1. The summed E-state index contributed by atoms with van der Waals surface area (Å²) in [5, 5.41) is 0. The molecule has 0 aliphatic carbocycles. The second kappa shape index (κ2) is 7.07. The summed E-state index contributed by atoms with van der Waals surface area (Å²) in [5.41, 5.74) is 2.97. The van der Waals surface area contributed by atoms with Crippen LogP contribution in [0, 0.1) is 12.8 Å². The van der Waals surface area contributed by atoms with Gasteiger partial charge in [0.2, 0.25) is 0 Å². The minimum atomic E-state index is 0.444. The summed E-state index contributed by atoms with van der Waals surface area (Å²) in [5.74, 6) is 2.06. The van der Waals surface area contributed by atoms with Gasteiger partial charge in [0, 0.05) is 12.2 Å². The van der Waals surface area contributed by atoms with Gasteiger partial charge in [0.25, 0.3) is 0 Å².